The highest BCUT2D eigenvalue weighted by atomic mass is 35.5. The van der Waals surface area contributed by atoms with Crippen molar-refractivity contribution >= 4 is 23.2 Å². The zero-order valence-corrected chi connectivity index (χ0v) is 14.9. The Hall–Kier alpha value is -1.84. The fourth-order valence-electron chi connectivity index (χ4n) is 3.43. The number of rotatable bonds is 4. The molecule has 1 unspecified atom stereocenters. The van der Waals surface area contributed by atoms with E-state index in [0.29, 0.717) is 23.3 Å². The van der Waals surface area contributed by atoms with Crippen molar-refractivity contribution in [1.82, 2.24) is 4.90 Å². The first kappa shape index (κ1) is 17.0. The van der Waals surface area contributed by atoms with Gasteiger partial charge >= 0.3 is 0 Å². The van der Waals surface area contributed by atoms with E-state index in [-0.39, 0.29) is 5.91 Å². The van der Waals surface area contributed by atoms with Gasteiger partial charge in [0.25, 0.3) is 0 Å². The number of hydrogen-bond donors (Lipinski definition) is 1. The molecule has 0 radical (unpaired) electrons. The van der Waals surface area contributed by atoms with Crippen LogP contribution in [0.5, 0.6) is 0 Å². The van der Waals surface area contributed by atoms with E-state index < -0.39 is 0 Å². The number of fused-ring (bicyclic) bond motifs is 1. The molecule has 3 rings (SSSR count). The summed E-state index contributed by atoms with van der Waals surface area (Å²) in [6.45, 7) is 2.33. The minimum Gasteiger partial charge on any atom is -0.324 e. The lowest BCUT2D eigenvalue weighted by molar-refractivity contribution is -0.117. The number of nitrogens with zero attached hydrogens (tertiary/aromatic N) is 1. The average molecular weight is 343 g/mol. The topological polar surface area (TPSA) is 32.3 Å². The zero-order chi connectivity index (χ0) is 17.1. The number of benzene rings is 2. The summed E-state index contributed by atoms with van der Waals surface area (Å²) in [6.07, 6.45) is 3.38. The molecule has 1 N–H and O–H groups in total. The predicted molar refractivity (Wildman–Crippen MR) is 99.6 cm³/mol. The van der Waals surface area contributed by atoms with Crippen molar-refractivity contribution in [2.45, 2.75) is 32.2 Å². The second-order valence-corrected chi connectivity index (χ2v) is 6.96. The van der Waals surface area contributed by atoms with Gasteiger partial charge in [0.1, 0.15) is 0 Å². The molecule has 0 bridgehead atoms. The lowest BCUT2D eigenvalue weighted by Gasteiger charge is -2.32. The van der Waals surface area contributed by atoms with Gasteiger partial charge in [-0.25, -0.2) is 0 Å². The largest absolute Gasteiger partial charge is 0.324 e. The van der Waals surface area contributed by atoms with Crippen LogP contribution >= 0.6 is 11.6 Å². The minimum atomic E-state index is -0.0358. The van der Waals surface area contributed by atoms with E-state index >= 15 is 0 Å². The molecule has 24 heavy (non-hydrogen) atoms. The van der Waals surface area contributed by atoms with Gasteiger partial charge in [-0.05, 0) is 62.1 Å². The van der Waals surface area contributed by atoms with Crippen LogP contribution in [0.25, 0.3) is 0 Å². The average Bonchev–Trinajstić information content (AvgIpc) is 2.57. The van der Waals surface area contributed by atoms with Crippen LogP contribution < -0.4 is 5.32 Å². The molecule has 0 heterocycles. The summed E-state index contributed by atoms with van der Waals surface area (Å²) >= 11 is 6.20. The number of carbonyl (C=O) groups excluding carboxylic acids is 1. The van der Waals surface area contributed by atoms with Crippen LogP contribution in [0.15, 0.2) is 42.5 Å². The highest BCUT2D eigenvalue weighted by Gasteiger charge is 2.24. The Morgan fingerprint density at radius 2 is 2.08 bits per heavy atom. The number of amides is 1. The summed E-state index contributed by atoms with van der Waals surface area (Å²) in [4.78, 5) is 14.5. The maximum absolute atomic E-state index is 12.4. The molecule has 1 aliphatic carbocycles. The van der Waals surface area contributed by atoms with Crippen LogP contribution in [-0.2, 0) is 11.2 Å². The zero-order valence-electron chi connectivity index (χ0n) is 14.2. The van der Waals surface area contributed by atoms with Crippen LogP contribution in [0.1, 0.15) is 35.6 Å². The number of hydrogen-bond acceptors (Lipinski definition) is 2. The van der Waals surface area contributed by atoms with Crippen molar-refractivity contribution in [3.05, 3.63) is 64.2 Å². The second-order valence-electron chi connectivity index (χ2n) is 6.55. The smallest absolute Gasteiger partial charge is 0.238 e. The molecule has 0 aliphatic heterocycles. The van der Waals surface area contributed by atoms with Crippen LogP contribution in [0.2, 0.25) is 5.02 Å². The molecule has 0 spiro atoms. The fraction of sp³-hybridized carbons (Fsp3) is 0.350. The van der Waals surface area contributed by atoms with Crippen LogP contribution in [0.3, 0.4) is 0 Å². The van der Waals surface area contributed by atoms with Crippen LogP contribution in [-0.4, -0.2) is 24.4 Å². The third-order valence-electron chi connectivity index (χ3n) is 4.66. The highest BCUT2D eigenvalue weighted by Crippen LogP contribution is 2.33. The van der Waals surface area contributed by atoms with Gasteiger partial charge < -0.3 is 5.32 Å². The monoisotopic (exact) mass is 342 g/mol. The van der Waals surface area contributed by atoms with Gasteiger partial charge in [-0.2, -0.15) is 0 Å². The normalized spacial score (nSPS) is 16.8. The predicted octanol–water partition coefficient (Wildman–Crippen LogP) is 4.60. The Labute approximate surface area is 148 Å². The van der Waals surface area contributed by atoms with Crippen molar-refractivity contribution in [2.75, 3.05) is 18.9 Å². The first-order valence-corrected chi connectivity index (χ1v) is 8.76. The Morgan fingerprint density at radius 3 is 2.88 bits per heavy atom. The molecule has 3 nitrogen and oxygen atoms in total. The van der Waals surface area contributed by atoms with Crippen molar-refractivity contribution in [3.63, 3.8) is 0 Å². The summed E-state index contributed by atoms with van der Waals surface area (Å²) in [7, 11) is 2.02. The number of likely N-dealkylation sites (N-methyl/N-ethyl adjacent to an activating group) is 1. The summed E-state index contributed by atoms with van der Waals surface area (Å²) in [5, 5.41) is 3.50. The van der Waals surface area contributed by atoms with E-state index in [9.17, 15) is 4.79 Å². The molecule has 2 aromatic carbocycles. The van der Waals surface area contributed by atoms with Crippen molar-refractivity contribution in [1.29, 1.82) is 0 Å². The van der Waals surface area contributed by atoms with Gasteiger partial charge in [0.15, 0.2) is 0 Å². The molecular formula is C20H23ClN2O. The first-order valence-electron chi connectivity index (χ1n) is 8.38. The molecule has 126 valence electrons. The third kappa shape index (κ3) is 3.80. The molecule has 0 saturated heterocycles. The van der Waals surface area contributed by atoms with Gasteiger partial charge in [-0.1, -0.05) is 41.9 Å². The summed E-state index contributed by atoms with van der Waals surface area (Å²) in [5.41, 5.74) is 4.51. The Morgan fingerprint density at radius 1 is 1.29 bits per heavy atom. The van der Waals surface area contributed by atoms with Crippen LogP contribution in [0.4, 0.5) is 5.69 Å². The number of carbonyl (C=O) groups is 1. The maximum Gasteiger partial charge on any atom is 0.238 e. The molecule has 0 aromatic heterocycles. The standard InChI is InChI=1S/C20H23ClN2O/c1-14-10-11-18(17(21)12-14)22-20(24)13-23(2)19-9-5-7-15-6-3-4-8-16(15)19/h3-4,6,8,10-12,19H,5,7,9,13H2,1-2H3,(H,22,24). The van der Waals surface area contributed by atoms with Crippen molar-refractivity contribution in [3.8, 4) is 0 Å². The highest BCUT2D eigenvalue weighted by molar-refractivity contribution is 6.33. The summed E-state index contributed by atoms with van der Waals surface area (Å²) in [5.74, 6) is -0.0358. The summed E-state index contributed by atoms with van der Waals surface area (Å²) < 4.78 is 0. The molecule has 2 aromatic rings. The van der Waals surface area contributed by atoms with E-state index in [2.05, 4.69) is 34.5 Å². The number of halogens is 1. The molecule has 0 fully saturated rings. The van der Waals surface area contributed by atoms with E-state index in [1.165, 1.54) is 11.1 Å². The lowest BCUT2D eigenvalue weighted by atomic mass is 9.87. The Balaban J connectivity index is 1.67. The van der Waals surface area contributed by atoms with Gasteiger partial charge in [0.2, 0.25) is 5.91 Å². The van der Waals surface area contributed by atoms with E-state index in [1.54, 1.807) is 0 Å². The van der Waals surface area contributed by atoms with Gasteiger partial charge in [-0.3, -0.25) is 9.69 Å². The molecule has 4 heteroatoms. The first-order chi connectivity index (χ1) is 11.5. The van der Waals surface area contributed by atoms with Crippen LogP contribution in [0, 0.1) is 6.92 Å². The lowest BCUT2D eigenvalue weighted by Crippen LogP contribution is -2.34. The van der Waals surface area contributed by atoms with Crippen molar-refractivity contribution < 1.29 is 4.79 Å². The Bertz CT molecular complexity index is 744. The number of anilines is 1. The third-order valence-corrected chi connectivity index (χ3v) is 4.97. The van der Waals surface area contributed by atoms with E-state index in [0.717, 1.165) is 24.8 Å². The van der Waals surface area contributed by atoms with Gasteiger partial charge in [0.05, 0.1) is 17.3 Å². The van der Waals surface area contributed by atoms with E-state index in [4.69, 9.17) is 11.6 Å². The van der Waals surface area contributed by atoms with Gasteiger partial charge in [0, 0.05) is 6.04 Å². The molecule has 1 amide bonds. The SMILES string of the molecule is Cc1ccc(NC(=O)CN(C)C2CCCc3ccccc32)c(Cl)c1. The van der Waals surface area contributed by atoms with Crippen molar-refractivity contribution in [2.24, 2.45) is 0 Å². The minimum absolute atomic E-state index is 0.0358. The second kappa shape index (κ2) is 7.37. The quantitative estimate of drug-likeness (QED) is 0.880. The number of nitrogens with one attached hydrogen (secondary N) is 1. The summed E-state index contributed by atoms with van der Waals surface area (Å²) in [6, 6.07) is 14.5. The fourth-order valence-corrected chi connectivity index (χ4v) is 3.72. The molecule has 1 aliphatic rings. The molecule has 1 atom stereocenters. The molecule has 0 saturated carbocycles. The number of aryl methyl sites for hydroxylation is 2. The maximum atomic E-state index is 12.4. The Kier molecular flexibility index (Phi) is 5.22. The van der Waals surface area contributed by atoms with E-state index in [1.807, 2.05) is 32.2 Å². The molecular weight excluding hydrogens is 320 g/mol. The van der Waals surface area contributed by atoms with Gasteiger partial charge in [-0.15, -0.1) is 0 Å².